The van der Waals surface area contributed by atoms with Crippen molar-refractivity contribution in [1.29, 1.82) is 0 Å². The Kier molecular flexibility index (Phi) is 2.58. The SMILES string of the molecule is CC1(CNC2CCC(N)C2)COC1. The number of rotatable bonds is 3. The highest BCUT2D eigenvalue weighted by molar-refractivity contribution is 4.88. The van der Waals surface area contributed by atoms with Crippen molar-refractivity contribution < 1.29 is 4.74 Å². The first kappa shape index (κ1) is 9.44. The van der Waals surface area contributed by atoms with Crippen LogP contribution in [0, 0.1) is 5.41 Å². The maximum atomic E-state index is 5.85. The van der Waals surface area contributed by atoms with E-state index in [4.69, 9.17) is 10.5 Å². The van der Waals surface area contributed by atoms with E-state index in [9.17, 15) is 0 Å². The van der Waals surface area contributed by atoms with Crippen molar-refractivity contribution in [2.45, 2.75) is 38.3 Å². The number of nitrogens with one attached hydrogen (secondary N) is 1. The smallest absolute Gasteiger partial charge is 0.0554 e. The van der Waals surface area contributed by atoms with Crippen LogP contribution in [0.4, 0.5) is 0 Å². The Bertz CT molecular complexity index is 180. The molecule has 2 aliphatic rings. The van der Waals surface area contributed by atoms with E-state index < -0.39 is 0 Å². The van der Waals surface area contributed by atoms with Gasteiger partial charge in [0.25, 0.3) is 0 Å². The van der Waals surface area contributed by atoms with Gasteiger partial charge in [0.15, 0.2) is 0 Å². The van der Waals surface area contributed by atoms with Gasteiger partial charge in [0, 0.05) is 24.0 Å². The van der Waals surface area contributed by atoms with E-state index in [0.717, 1.165) is 26.2 Å². The zero-order chi connectivity index (χ0) is 9.31. The van der Waals surface area contributed by atoms with Gasteiger partial charge in [0.1, 0.15) is 0 Å². The Morgan fingerprint density at radius 1 is 1.46 bits per heavy atom. The van der Waals surface area contributed by atoms with Gasteiger partial charge in [-0.15, -0.1) is 0 Å². The molecule has 2 unspecified atom stereocenters. The lowest BCUT2D eigenvalue weighted by Crippen LogP contribution is -2.49. The second-order valence-corrected chi connectivity index (χ2v) is 4.95. The van der Waals surface area contributed by atoms with Crippen molar-refractivity contribution in [1.82, 2.24) is 5.32 Å². The van der Waals surface area contributed by atoms with Crippen molar-refractivity contribution in [2.75, 3.05) is 19.8 Å². The highest BCUT2D eigenvalue weighted by atomic mass is 16.5. The van der Waals surface area contributed by atoms with Crippen molar-refractivity contribution in [2.24, 2.45) is 11.1 Å². The fraction of sp³-hybridized carbons (Fsp3) is 1.00. The molecule has 1 aliphatic heterocycles. The topological polar surface area (TPSA) is 47.3 Å². The average molecular weight is 184 g/mol. The van der Waals surface area contributed by atoms with Gasteiger partial charge in [-0.1, -0.05) is 6.92 Å². The van der Waals surface area contributed by atoms with E-state index >= 15 is 0 Å². The molecule has 1 heterocycles. The predicted molar refractivity (Wildman–Crippen MR) is 52.5 cm³/mol. The predicted octanol–water partition coefficient (Wildman–Crippen LogP) is 0.492. The maximum absolute atomic E-state index is 5.85. The molecule has 1 saturated heterocycles. The molecule has 0 aromatic carbocycles. The third-order valence-electron chi connectivity index (χ3n) is 3.19. The fourth-order valence-electron chi connectivity index (χ4n) is 2.15. The summed E-state index contributed by atoms with van der Waals surface area (Å²) < 4.78 is 5.21. The second kappa shape index (κ2) is 3.56. The summed E-state index contributed by atoms with van der Waals surface area (Å²) in [6, 6.07) is 1.09. The van der Waals surface area contributed by atoms with Gasteiger partial charge >= 0.3 is 0 Å². The van der Waals surface area contributed by atoms with Crippen LogP contribution in [0.1, 0.15) is 26.2 Å². The third kappa shape index (κ3) is 2.22. The van der Waals surface area contributed by atoms with E-state index in [0.29, 0.717) is 17.5 Å². The van der Waals surface area contributed by atoms with E-state index in [1.807, 2.05) is 0 Å². The van der Waals surface area contributed by atoms with Crippen LogP contribution in [0.3, 0.4) is 0 Å². The number of ether oxygens (including phenoxy) is 1. The van der Waals surface area contributed by atoms with Crippen LogP contribution >= 0.6 is 0 Å². The first-order valence-electron chi connectivity index (χ1n) is 5.25. The van der Waals surface area contributed by atoms with Crippen molar-refractivity contribution in [3.8, 4) is 0 Å². The molecule has 3 N–H and O–H groups in total. The van der Waals surface area contributed by atoms with Crippen molar-refractivity contribution in [3.05, 3.63) is 0 Å². The summed E-state index contributed by atoms with van der Waals surface area (Å²) in [5.41, 5.74) is 6.24. The monoisotopic (exact) mass is 184 g/mol. The van der Waals surface area contributed by atoms with Crippen LogP contribution in [0.25, 0.3) is 0 Å². The largest absolute Gasteiger partial charge is 0.380 e. The van der Waals surface area contributed by atoms with Gasteiger partial charge in [0.05, 0.1) is 13.2 Å². The van der Waals surface area contributed by atoms with E-state index in [2.05, 4.69) is 12.2 Å². The van der Waals surface area contributed by atoms with Crippen LogP contribution in [-0.2, 0) is 4.74 Å². The Balaban J connectivity index is 1.67. The molecule has 1 saturated carbocycles. The second-order valence-electron chi connectivity index (χ2n) is 4.95. The quantitative estimate of drug-likeness (QED) is 0.671. The molecule has 0 bridgehead atoms. The molecule has 0 aromatic rings. The van der Waals surface area contributed by atoms with Gasteiger partial charge in [-0.3, -0.25) is 0 Å². The van der Waals surface area contributed by atoms with E-state index in [-0.39, 0.29) is 0 Å². The lowest BCUT2D eigenvalue weighted by atomic mass is 9.88. The maximum Gasteiger partial charge on any atom is 0.0554 e. The van der Waals surface area contributed by atoms with Crippen LogP contribution in [0.15, 0.2) is 0 Å². The summed E-state index contributed by atoms with van der Waals surface area (Å²) >= 11 is 0. The van der Waals surface area contributed by atoms with Crippen LogP contribution in [-0.4, -0.2) is 31.8 Å². The minimum atomic E-state index is 0.396. The molecular weight excluding hydrogens is 164 g/mol. The summed E-state index contributed by atoms with van der Waals surface area (Å²) in [5.74, 6) is 0. The average Bonchev–Trinajstić information content (AvgIpc) is 2.44. The first-order chi connectivity index (χ1) is 6.18. The lowest BCUT2D eigenvalue weighted by molar-refractivity contribution is -0.0999. The minimum absolute atomic E-state index is 0.396. The number of hydrogen-bond acceptors (Lipinski definition) is 3. The van der Waals surface area contributed by atoms with Crippen molar-refractivity contribution in [3.63, 3.8) is 0 Å². The van der Waals surface area contributed by atoms with Gasteiger partial charge in [0.2, 0.25) is 0 Å². The molecular formula is C10H20N2O. The summed E-state index contributed by atoms with van der Waals surface area (Å²) in [6.07, 6.45) is 3.58. The fourth-order valence-corrected chi connectivity index (χ4v) is 2.15. The highest BCUT2D eigenvalue weighted by Gasteiger charge is 2.34. The van der Waals surface area contributed by atoms with Crippen LogP contribution < -0.4 is 11.1 Å². The molecule has 1 aliphatic carbocycles. The highest BCUT2D eigenvalue weighted by Crippen LogP contribution is 2.26. The van der Waals surface area contributed by atoms with Gasteiger partial charge < -0.3 is 15.8 Å². The van der Waals surface area contributed by atoms with E-state index in [1.165, 1.54) is 12.8 Å². The Hall–Kier alpha value is -0.120. The van der Waals surface area contributed by atoms with Crippen molar-refractivity contribution >= 4 is 0 Å². The molecule has 0 radical (unpaired) electrons. The zero-order valence-electron chi connectivity index (χ0n) is 8.38. The Morgan fingerprint density at radius 2 is 2.23 bits per heavy atom. The van der Waals surface area contributed by atoms with Gasteiger partial charge in [-0.05, 0) is 19.3 Å². The molecule has 2 fully saturated rings. The zero-order valence-corrected chi connectivity index (χ0v) is 8.38. The van der Waals surface area contributed by atoms with Gasteiger partial charge in [-0.2, -0.15) is 0 Å². The molecule has 0 spiro atoms. The van der Waals surface area contributed by atoms with Gasteiger partial charge in [-0.25, -0.2) is 0 Å². The molecule has 0 aromatic heterocycles. The summed E-state index contributed by atoms with van der Waals surface area (Å²) in [7, 11) is 0. The summed E-state index contributed by atoms with van der Waals surface area (Å²) in [5, 5.41) is 3.59. The minimum Gasteiger partial charge on any atom is -0.380 e. The first-order valence-corrected chi connectivity index (χ1v) is 5.25. The van der Waals surface area contributed by atoms with Crippen LogP contribution in [0.2, 0.25) is 0 Å². The molecule has 0 amide bonds. The molecule has 3 nitrogen and oxygen atoms in total. The normalized spacial score (nSPS) is 37.4. The Labute approximate surface area is 80.0 Å². The Morgan fingerprint density at radius 3 is 2.69 bits per heavy atom. The lowest BCUT2D eigenvalue weighted by Gasteiger charge is -2.39. The summed E-state index contributed by atoms with van der Waals surface area (Å²) in [6.45, 7) is 5.19. The molecule has 13 heavy (non-hydrogen) atoms. The standard InChI is InChI=1S/C10H20N2O/c1-10(6-13-7-10)5-12-9-3-2-8(11)4-9/h8-9,12H,2-7,11H2,1H3. The molecule has 2 rings (SSSR count). The summed E-state index contributed by atoms with van der Waals surface area (Å²) in [4.78, 5) is 0. The number of nitrogens with two attached hydrogens (primary N) is 1. The molecule has 3 heteroatoms. The molecule has 76 valence electrons. The number of hydrogen-bond donors (Lipinski definition) is 2. The third-order valence-corrected chi connectivity index (χ3v) is 3.19. The van der Waals surface area contributed by atoms with E-state index in [1.54, 1.807) is 0 Å². The molecule has 2 atom stereocenters. The van der Waals surface area contributed by atoms with Crippen LogP contribution in [0.5, 0.6) is 0 Å².